The first-order chi connectivity index (χ1) is 8.40. The highest BCUT2D eigenvalue weighted by Crippen LogP contribution is 2.24. The Balaban J connectivity index is 0.000000494. The van der Waals surface area contributed by atoms with E-state index in [1.165, 1.54) is 7.11 Å². The molecule has 3 unspecified atom stereocenters. The molecule has 0 spiro atoms. The maximum atomic E-state index is 11.0. The molecule has 5 nitrogen and oxygen atoms in total. The van der Waals surface area contributed by atoms with Crippen LogP contribution >= 0.6 is 0 Å². The van der Waals surface area contributed by atoms with Crippen molar-refractivity contribution in [2.24, 2.45) is 11.7 Å². The first kappa shape index (κ1) is 17.1. The summed E-state index contributed by atoms with van der Waals surface area (Å²) in [6.45, 7) is 4.89. The summed E-state index contributed by atoms with van der Waals surface area (Å²) >= 11 is 0. The second-order valence-corrected chi connectivity index (χ2v) is 4.91. The zero-order valence-electron chi connectivity index (χ0n) is 11.8. The first-order valence-electron chi connectivity index (χ1n) is 6.31. The van der Waals surface area contributed by atoms with E-state index in [4.69, 9.17) is 5.73 Å². The number of nitrogens with two attached hydrogens (primary N) is 1. The summed E-state index contributed by atoms with van der Waals surface area (Å²) in [5.74, 6) is 0.459. The molecule has 1 aliphatic heterocycles. The molecule has 105 valence electrons. The Labute approximate surface area is 110 Å². The van der Waals surface area contributed by atoms with Crippen LogP contribution in [0.5, 0.6) is 0 Å². The second-order valence-electron chi connectivity index (χ2n) is 4.91. The fraction of sp³-hybridized carbons (Fsp3) is 0.846. The van der Waals surface area contributed by atoms with Gasteiger partial charge in [-0.2, -0.15) is 0 Å². The Morgan fingerprint density at radius 3 is 2.56 bits per heavy atom. The topological polar surface area (TPSA) is 72.6 Å². The third-order valence-electron chi connectivity index (χ3n) is 3.19. The van der Waals surface area contributed by atoms with E-state index in [-0.39, 0.29) is 5.97 Å². The second kappa shape index (κ2) is 9.05. The largest absolute Gasteiger partial charge is 0.469 e. The molecule has 0 aromatic heterocycles. The van der Waals surface area contributed by atoms with Gasteiger partial charge in [0.25, 0.3) is 0 Å². The Morgan fingerprint density at radius 2 is 2.17 bits per heavy atom. The fourth-order valence-corrected chi connectivity index (χ4v) is 1.89. The van der Waals surface area contributed by atoms with E-state index in [0.29, 0.717) is 18.4 Å². The highest BCUT2D eigenvalue weighted by atomic mass is 16.5. The van der Waals surface area contributed by atoms with Crippen LogP contribution in [0, 0.1) is 5.92 Å². The van der Waals surface area contributed by atoms with Crippen molar-refractivity contribution in [3.05, 3.63) is 0 Å². The van der Waals surface area contributed by atoms with Crippen molar-refractivity contribution < 1.29 is 14.3 Å². The molecule has 2 N–H and O–H groups in total. The maximum absolute atomic E-state index is 11.0. The Kier molecular flexibility index (Phi) is 8.58. The van der Waals surface area contributed by atoms with Crippen molar-refractivity contribution in [2.75, 3.05) is 20.7 Å². The molecule has 1 rings (SSSR count). The molecular formula is C13H25N2O3. The molecule has 0 bridgehead atoms. The van der Waals surface area contributed by atoms with E-state index < -0.39 is 6.04 Å². The van der Waals surface area contributed by atoms with Gasteiger partial charge in [0.1, 0.15) is 0 Å². The van der Waals surface area contributed by atoms with Gasteiger partial charge in [0, 0.05) is 12.5 Å². The molecule has 5 heteroatoms. The minimum Gasteiger partial charge on any atom is -0.469 e. The Bertz CT molecular complexity index is 257. The summed E-state index contributed by atoms with van der Waals surface area (Å²) in [6, 6.07) is 0.179. The van der Waals surface area contributed by atoms with Gasteiger partial charge in [0.15, 0.2) is 0 Å². The molecule has 1 radical (unpaired) electrons. The lowest BCUT2D eigenvalue weighted by Crippen LogP contribution is -2.38. The van der Waals surface area contributed by atoms with Gasteiger partial charge in [-0.15, -0.1) is 0 Å². The summed E-state index contributed by atoms with van der Waals surface area (Å²) in [6.07, 6.45) is 4.39. The average Bonchev–Trinajstić information content (AvgIpc) is 2.34. The quantitative estimate of drug-likeness (QED) is 0.754. The van der Waals surface area contributed by atoms with Gasteiger partial charge < -0.3 is 15.4 Å². The van der Waals surface area contributed by atoms with Crippen LogP contribution in [0.4, 0.5) is 0 Å². The van der Waals surface area contributed by atoms with Crippen LogP contribution < -0.4 is 5.73 Å². The van der Waals surface area contributed by atoms with Crippen LogP contribution in [-0.2, 0) is 14.3 Å². The summed E-state index contributed by atoms with van der Waals surface area (Å²) in [4.78, 5) is 22.6. The van der Waals surface area contributed by atoms with Gasteiger partial charge in [-0.3, -0.25) is 9.59 Å². The molecule has 1 fully saturated rings. The van der Waals surface area contributed by atoms with E-state index in [9.17, 15) is 9.59 Å². The molecule has 1 saturated heterocycles. The highest BCUT2D eigenvalue weighted by Gasteiger charge is 2.24. The first-order valence-corrected chi connectivity index (χ1v) is 6.31. The van der Waals surface area contributed by atoms with Crippen molar-refractivity contribution in [1.82, 2.24) is 4.90 Å². The molecule has 18 heavy (non-hydrogen) atoms. The number of hydrogen-bond acceptors (Lipinski definition) is 5. The van der Waals surface area contributed by atoms with E-state index in [1.54, 1.807) is 13.2 Å². The lowest BCUT2D eigenvalue weighted by atomic mass is 9.89. The van der Waals surface area contributed by atoms with Gasteiger partial charge >= 0.3 is 5.97 Å². The minimum atomic E-state index is -0.421. The monoisotopic (exact) mass is 257 g/mol. The van der Waals surface area contributed by atoms with Gasteiger partial charge in [0.05, 0.1) is 13.2 Å². The van der Waals surface area contributed by atoms with Gasteiger partial charge in [-0.1, -0.05) is 0 Å². The van der Waals surface area contributed by atoms with Crippen molar-refractivity contribution in [1.29, 1.82) is 0 Å². The molecule has 0 aromatic rings. The number of piperidine rings is 1. The van der Waals surface area contributed by atoms with E-state index >= 15 is 0 Å². The summed E-state index contributed by atoms with van der Waals surface area (Å²) in [5.41, 5.74) is 4.87. The van der Waals surface area contributed by atoms with Crippen LogP contribution in [-0.4, -0.2) is 49.9 Å². The minimum absolute atomic E-state index is 0.0678. The van der Waals surface area contributed by atoms with Gasteiger partial charge in [-0.25, -0.2) is 0 Å². The lowest BCUT2D eigenvalue weighted by molar-refractivity contribution is -0.142. The SMILES string of the molecule is CC(N)[C]=O.COC(=O)CC1CCN(C)C(C)C1. The van der Waals surface area contributed by atoms with Crippen molar-refractivity contribution in [3.8, 4) is 0 Å². The summed E-state index contributed by atoms with van der Waals surface area (Å²) in [7, 11) is 3.60. The van der Waals surface area contributed by atoms with E-state index in [2.05, 4.69) is 23.6 Å². The number of methoxy groups -OCH3 is 1. The Hall–Kier alpha value is -0.940. The molecule has 0 saturated carbocycles. The van der Waals surface area contributed by atoms with E-state index in [1.807, 2.05) is 0 Å². The predicted molar refractivity (Wildman–Crippen MR) is 70.8 cm³/mol. The number of rotatable bonds is 3. The van der Waals surface area contributed by atoms with Crippen LogP contribution in [0.25, 0.3) is 0 Å². The van der Waals surface area contributed by atoms with Crippen molar-refractivity contribution in [2.45, 2.75) is 45.2 Å². The van der Waals surface area contributed by atoms with Crippen LogP contribution in [0.2, 0.25) is 0 Å². The van der Waals surface area contributed by atoms with E-state index in [0.717, 1.165) is 19.4 Å². The normalized spacial score (nSPS) is 25.6. The third kappa shape index (κ3) is 7.40. The van der Waals surface area contributed by atoms with Crippen LogP contribution in [0.15, 0.2) is 0 Å². The predicted octanol–water partition coefficient (Wildman–Crippen LogP) is 0.723. The maximum Gasteiger partial charge on any atom is 0.305 e. The third-order valence-corrected chi connectivity index (χ3v) is 3.19. The van der Waals surface area contributed by atoms with Crippen LogP contribution in [0.1, 0.15) is 33.1 Å². The number of ether oxygens (including phenoxy) is 1. The fourth-order valence-electron chi connectivity index (χ4n) is 1.89. The Morgan fingerprint density at radius 1 is 1.61 bits per heavy atom. The number of nitrogens with zero attached hydrogens (tertiary/aromatic N) is 1. The van der Waals surface area contributed by atoms with Gasteiger partial charge in [0.2, 0.25) is 6.29 Å². The number of carbonyl (C=O) groups is 1. The summed E-state index contributed by atoms with van der Waals surface area (Å²) in [5, 5.41) is 0. The molecular weight excluding hydrogens is 232 g/mol. The lowest BCUT2D eigenvalue weighted by Gasteiger charge is -2.34. The van der Waals surface area contributed by atoms with Gasteiger partial charge in [-0.05, 0) is 46.2 Å². The number of likely N-dealkylation sites (tertiary alicyclic amines) is 1. The average molecular weight is 257 g/mol. The number of carbonyl (C=O) groups excluding carboxylic acids is 2. The highest BCUT2D eigenvalue weighted by molar-refractivity contribution is 5.69. The van der Waals surface area contributed by atoms with Crippen molar-refractivity contribution >= 4 is 12.3 Å². The summed E-state index contributed by atoms with van der Waals surface area (Å²) < 4.78 is 4.66. The van der Waals surface area contributed by atoms with Crippen LogP contribution in [0.3, 0.4) is 0 Å². The molecule has 3 atom stereocenters. The molecule has 1 heterocycles. The standard InChI is InChI=1S/C10H19NO2.C3H6NO/c1-8-6-9(4-5-11(8)2)7-10(12)13-3;1-3(4)2-5/h8-9H,4-7H2,1-3H3;3H,4H2,1H3. The number of hydrogen-bond donors (Lipinski definition) is 1. The molecule has 0 aliphatic carbocycles. The molecule has 0 aromatic carbocycles. The number of esters is 1. The molecule has 0 amide bonds. The zero-order valence-corrected chi connectivity index (χ0v) is 11.8. The zero-order chi connectivity index (χ0) is 14.1. The van der Waals surface area contributed by atoms with Crippen molar-refractivity contribution in [3.63, 3.8) is 0 Å². The molecule has 1 aliphatic rings. The smallest absolute Gasteiger partial charge is 0.305 e.